The number of nitrogens with one attached hydrogen (secondary N) is 12. The van der Waals surface area contributed by atoms with Crippen molar-refractivity contribution in [2.75, 3.05) is 32.8 Å². The van der Waals surface area contributed by atoms with Crippen LogP contribution in [0.15, 0.2) is 65.7 Å². The van der Waals surface area contributed by atoms with Crippen molar-refractivity contribution in [2.45, 2.75) is 192 Å². The van der Waals surface area contributed by atoms with E-state index in [0.29, 0.717) is 12.0 Å². The molecule has 0 saturated carbocycles. The Morgan fingerprint density at radius 3 is 1.42 bits per heavy atom. The lowest BCUT2D eigenvalue weighted by molar-refractivity contribution is -0.144. The number of carboxylic acids is 2. The lowest BCUT2D eigenvalue weighted by atomic mass is 9.97. The van der Waals surface area contributed by atoms with Crippen molar-refractivity contribution < 1.29 is 92.7 Å². The summed E-state index contributed by atoms with van der Waals surface area (Å²) in [6.07, 6.45) is -2.10. The number of benzene rings is 2. The van der Waals surface area contributed by atoms with Crippen molar-refractivity contribution in [1.82, 2.24) is 63.8 Å². The summed E-state index contributed by atoms with van der Waals surface area (Å²) in [5, 5.41) is 78.7. The molecule has 0 bridgehead atoms. The zero-order valence-corrected chi connectivity index (χ0v) is 58.1. The van der Waals surface area contributed by atoms with E-state index in [4.69, 9.17) is 22.9 Å². The van der Waals surface area contributed by atoms with E-state index >= 15 is 0 Å². The number of aliphatic carboxylic acids is 2. The molecular formula is C65H103N17O19. The number of carboxylic acid groups (broad SMARTS) is 2. The number of aliphatic hydroxyl groups is 3. The quantitative estimate of drug-likeness (QED) is 0.0167. The van der Waals surface area contributed by atoms with Gasteiger partial charge in [-0.3, -0.25) is 67.3 Å². The molecule has 0 radical (unpaired) electrons. The zero-order chi connectivity index (χ0) is 76.2. The maximum atomic E-state index is 14.3. The van der Waals surface area contributed by atoms with Gasteiger partial charge >= 0.3 is 11.9 Å². The van der Waals surface area contributed by atoms with Crippen LogP contribution in [0.5, 0.6) is 0 Å². The minimum atomic E-state index is -1.91. The number of nitrogens with two attached hydrogens (primary N) is 4. The fourth-order valence-corrected chi connectivity index (χ4v) is 9.77. The molecule has 562 valence electrons. The van der Waals surface area contributed by atoms with Crippen molar-refractivity contribution >= 4 is 88.8 Å². The van der Waals surface area contributed by atoms with Crippen molar-refractivity contribution in [3.8, 4) is 0 Å². The molecule has 101 heavy (non-hydrogen) atoms. The highest BCUT2D eigenvalue weighted by Crippen LogP contribution is 2.14. The smallest absolute Gasteiger partial charge is 0.328 e. The molecule has 2 rings (SSSR count). The van der Waals surface area contributed by atoms with Crippen LogP contribution in [0.2, 0.25) is 0 Å². The Hall–Kier alpha value is -9.91. The normalized spacial score (nSPS) is 15.3. The van der Waals surface area contributed by atoms with E-state index in [2.05, 4.69) is 68.8 Å². The highest BCUT2D eigenvalue weighted by atomic mass is 16.4. The Morgan fingerprint density at radius 1 is 0.465 bits per heavy atom. The molecule has 0 aliphatic heterocycles. The zero-order valence-electron chi connectivity index (χ0n) is 58.1. The van der Waals surface area contributed by atoms with Gasteiger partial charge in [0, 0.05) is 13.0 Å². The Balaban J connectivity index is 2.33. The summed E-state index contributed by atoms with van der Waals surface area (Å²) in [6, 6.07) is -1.27. The lowest BCUT2D eigenvalue weighted by Gasteiger charge is -2.29. The number of guanidine groups is 1. The van der Waals surface area contributed by atoms with E-state index in [-0.39, 0.29) is 64.0 Å². The molecule has 0 fully saturated rings. The van der Waals surface area contributed by atoms with Crippen LogP contribution in [-0.4, -0.2) is 226 Å². The average Bonchev–Trinajstić information content (AvgIpc) is 0.868. The predicted octanol–water partition coefficient (Wildman–Crippen LogP) is -6.27. The fourth-order valence-electron chi connectivity index (χ4n) is 9.77. The molecule has 36 nitrogen and oxygen atoms in total. The summed E-state index contributed by atoms with van der Waals surface area (Å²) >= 11 is 0. The highest BCUT2D eigenvalue weighted by Gasteiger charge is 2.38. The molecule has 2 aromatic carbocycles. The second kappa shape index (κ2) is 45.0. The van der Waals surface area contributed by atoms with Gasteiger partial charge < -0.3 is 112 Å². The molecule has 14 atom stereocenters. The molecule has 0 aliphatic rings. The van der Waals surface area contributed by atoms with E-state index in [9.17, 15) is 92.7 Å². The number of carbonyl (C=O) groups excluding carboxylic acids is 12. The number of hydrogen-bond donors (Lipinski definition) is 21. The van der Waals surface area contributed by atoms with Crippen molar-refractivity contribution in [3.05, 3.63) is 71.8 Å². The molecule has 25 N–H and O–H groups in total. The maximum absolute atomic E-state index is 14.3. The van der Waals surface area contributed by atoms with Gasteiger partial charge in [0.05, 0.1) is 38.3 Å². The van der Waals surface area contributed by atoms with E-state index < -0.39 is 205 Å². The van der Waals surface area contributed by atoms with Gasteiger partial charge in [0.15, 0.2) is 5.96 Å². The van der Waals surface area contributed by atoms with Gasteiger partial charge in [-0.05, 0) is 87.8 Å². The first kappa shape index (κ1) is 87.2. The number of nitrogens with zero attached hydrogens (tertiary/aromatic N) is 1. The Morgan fingerprint density at radius 2 is 0.901 bits per heavy atom. The molecular weight excluding hydrogens is 1320 g/mol. The molecule has 0 saturated heterocycles. The van der Waals surface area contributed by atoms with Crippen LogP contribution in [0, 0.1) is 17.8 Å². The second-order valence-electron chi connectivity index (χ2n) is 25.0. The summed E-state index contributed by atoms with van der Waals surface area (Å²) in [6.45, 7) is 9.09. The third-order valence-electron chi connectivity index (χ3n) is 15.9. The summed E-state index contributed by atoms with van der Waals surface area (Å²) < 4.78 is 0. The SMILES string of the molecule is CC[C@H](C)[C@H](NC(=O)[C@@H](NC(=O)[C@H](Cc1ccccc1)NC(=O)[C@H](CCCN=C(N)N)NC(=O)CNC(=O)[C@H](CCCCN)NC(=O)[C@@H](NC(=O)[C@H](CO)NC(=O)[C@H](CC(=O)O)NC(=O)[C@H](C)NC(=O)[C@@H](NC(=O)[C@@H](N)Cc1ccccc1)C(C)C)C(C)C)[C@@H](C)O)C(=O)N[C@@H](CO)C(=O)O. The monoisotopic (exact) mass is 1430 g/mol. The topological polar surface area (TPSA) is 601 Å². The Labute approximate surface area is 585 Å². The highest BCUT2D eigenvalue weighted by molar-refractivity contribution is 6.00. The molecule has 12 amide bonds. The third-order valence-corrected chi connectivity index (χ3v) is 15.9. The number of aliphatic imine (C=N–C) groups is 1. The average molecular weight is 1430 g/mol. The number of aliphatic hydroxyl groups excluding tert-OH is 3. The van der Waals surface area contributed by atoms with Crippen LogP contribution in [0.4, 0.5) is 0 Å². The van der Waals surface area contributed by atoms with Gasteiger partial charge in [-0.2, -0.15) is 0 Å². The van der Waals surface area contributed by atoms with Crippen LogP contribution in [0.3, 0.4) is 0 Å². The molecule has 36 heteroatoms. The van der Waals surface area contributed by atoms with Gasteiger partial charge in [-0.25, -0.2) is 4.79 Å². The minimum absolute atomic E-state index is 0.0458. The standard InChI is InChI=1S/C65H103N17O19/c1-9-35(6)51(62(98)78-46(32-84)64(100)101)81-63(99)52(37(8)85)82-58(94)43(28-39-21-14-11-15-22-39)76-56(92)42(24-18-26-70-65(68)69)73-47(86)30-71-55(91)41(23-16-17-25-66)74-61(97)50(34(4)5)80-59(95)45(31-83)77-57(93)44(29-48(87)88)75-53(89)36(7)72-60(96)49(33(2)3)79-54(90)40(67)27-38-19-12-10-13-20-38/h10-15,19-22,33-37,40-46,49-52,83-85H,9,16-18,23-32,66-67H2,1-8H3,(H,71,91)(H,72,96)(H,73,86)(H,74,97)(H,75,89)(H,76,92)(H,77,93)(H,78,98)(H,79,90)(H,80,95)(H,81,99)(H,82,94)(H,87,88)(H,100,101)(H4,68,69,70)/t35-,36-,37+,40-,41-,42-,43-,44-,45-,46-,49-,50-,51-,52-/m0/s1. The summed E-state index contributed by atoms with van der Waals surface area (Å²) in [5.41, 5.74) is 24.1. The van der Waals surface area contributed by atoms with Crippen LogP contribution in [-0.2, 0) is 80.0 Å². The van der Waals surface area contributed by atoms with Gasteiger partial charge in [0.1, 0.15) is 66.5 Å². The first-order valence-electron chi connectivity index (χ1n) is 33.1. The number of unbranched alkanes of at least 4 members (excludes halogenated alkanes) is 1. The van der Waals surface area contributed by atoms with Gasteiger partial charge in [0.2, 0.25) is 70.9 Å². The number of amides is 12. The van der Waals surface area contributed by atoms with Gasteiger partial charge in [0.25, 0.3) is 0 Å². The second-order valence-corrected chi connectivity index (χ2v) is 25.0. The van der Waals surface area contributed by atoms with Crippen LogP contribution in [0.25, 0.3) is 0 Å². The largest absolute Gasteiger partial charge is 0.481 e. The Bertz CT molecular complexity index is 3120. The minimum Gasteiger partial charge on any atom is -0.481 e. The predicted molar refractivity (Wildman–Crippen MR) is 366 cm³/mol. The Kier molecular flexibility index (Phi) is 38.8. The summed E-state index contributed by atoms with van der Waals surface area (Å²) in [4.78, 5) is 192. The number of carbonyl (C=O) groups is 14. The number of rotatable bonds is 46. The first-order chi connectivity index (χ1) is 47.6. The van der Waals surface area contributed by atoms with Crippen LogP contribution < -0.4 is 86.7 Å². The van der Waals surface area contributed by atoms with Gasteiger partial charge in [-0.1, -0.05) is 109 Å². The van der Waals surface area contributed by atoms with E-state index in [1.54, 1.807) is 88.4 Å². The molecule has 2 aromatic rings. The third kappa shape index (κ3) is 31.5. The van der Waals surface area contributed by atoms with Crippen molar-refractivity contribution in [1.29, 1.82) is 0 Å². The molecule has 0 heterocycles. The first-order valence-corrected chi connectivity index (χ1v) is 33.1. The molecule has 0 unspecified atom stereocenters. The molecule has 0 aromatic heterocycles. The maximum Gasteiger partial charge on any atom is 0.328 e. The van der Waals surface area contributed by atoms with E-state index in [1.807, 2.05) is 0 Å². The van der Waals surface area contributed by atoms with Crippen molar-refractivity contribution in [2.24, 2.45) is 45.7 Å². The molecule has 0 spiro atoms. The fraction of sp³-hybridized carbons (Fsp3) is 0.585. The summed E-state index contributed by atoms with van der Waals surface area (Å²) in [7, 11) is 0. The lowest BCUT2D eigenvalue weighted by Crippen LogP contribution is -2.62. The van der Waals surface area contributed by atoms with E-state index in [0.717, 1.165) is 12.5 Å². The molecule has 0 aliphatic carbocycles. The van der Waals surface area contributed by atoms with Crippen LogP contribution in [0.1, 0.15) is 111 Å². The summed E-state index contributed by atoms with van der Waals surface area (Å²) in [5.74, 6) is -17.3. The van der Waals surface area contributed by atoms with Gasteiger partial charge in [-0.15, -0.1) is 0 Å². The number of hydrogen-bond acceptors (Lipinski definition) is 20. The van der Waals surface area contributed by atoms with Crippen LogP contribution >= 0.6 is 0 Å². The van der Waals surface area contributed by atoms with Crippen molar-refractivity contribution in [3.63, 3.8) is 0 Å². The van der Waals surface area contributed by atoms with E-state index in [1.165, 1.54) is 20.8 Å².